The Balaban J connectivity index is 1.16. The molecular formula is C31H29F2N3O4. The smallest absolute Gasteiger partial charge is 0.341 e. The molecule has 2 amide bonds. The van der Waals surface area contributed by atoms with E-state index in [0.29, 0.717) is 42.5 Å². The Morgan fingerprint density at radius 3 is 2.35 bits per heavy atom. The Labute approximate surface area is 230 Å². The van der Waals surface area contributed by atoms with Crippen LogP contribution in [0.5, 0.6) is 0 Å². The van der Waals surface area contributed by atoms with E-state index in [-0.39, 0.29) is 41.9 Å². The number of nitrogens with one attached hydrogen (secondary N) is 1. The zero-order valence-corrected chi connectivity index (χ0v) is 22.0. The highest BCUT2D eigenvalue weighted by molar-refractivity contribution is 5.98. The minimum absolute atomic E-state index is 0.0600. The van der Waals surface area contributed by atoms with Crippen LogP contribution in [0.25, 0.3) is 10.9 Å². The van der Waals surface area contributed by atoms with Gasteiger partial charge in [0.25, 0.3) is 5.91 Å². The highest BCUT2D eigenvalue weighted by Gasteiger charge is 2.28. The Morgan fingerprint density at radius 2 is 1.62 bits per heavy atom. The van der Waals surface area contributed by atoms with Crippen molar-refractivity contribution in [2.45, 2.75) is 32.2 Å². The molecule has 0 aliphatic carbocycles. The van der Waals surface area contributed by atoms with Gasteiger partial charge in [-0.25, -0.2) is 13.6 Å². The SMILES string of the molecule is CCOC(=O)c1cccc(C(=O)N2CCC(c3ccc(NC(=O)Cn4ccc5c(F)cccc54)cc3)CC2)c1F. The van der Waals surface area contributed by atoms with Crippen LogP contribution in [0.15, 0.2) is 72.9 Å². The van der Waals surface area contributed by atoms with Crippen LogP contribution >= 0.6 is 0 Å². The number of piperidine rings is 1. The quantitative estimate of drug-likeness (QED) is 0.300. The van der Waals surface area contributed by atoms with E-state index in [2.05, 4.69) is 5.32 Å². The van der Waals surface area contributed by atoms with Gasteiger partial charge < -0.3 is 19.5 Å². The number of carbonyl (C=O) groups excluding carboxylic acids is 3. The fourth-order valence-electron chi connectivity index (χ4n) is 5.17. The van der Waals surface area contributed by atoms with Gasteiger partial charge in [-0.3, -0.25) is 9.59 Å². The number of aromatic nitrogens is 1. The van der Waals surface area contributed by atoms with Crippen molar-refractivity contribution in [1.29, 1.82) is 0 Å². The number of rotatable bonds is 7. The van der Waals surface area contributed by atoms with Crippen molar-refractivity contribution in [2.24, 2.45) is 0 Å². The molecule has 0 saturated carbocycles. The Hall–Kier alpha value is -4.53. The lowest BCUT2D eigenvalue weighted by Crippen LogP contribution is -2.38. The fraction of sp³-hybridized carbons (Fsp3) is 0.258. The van der Waals surface area contributed by atoms with E-state index >= 15 is 0 Å². The molecule has 1 N–H and O–H groups in total. The van der Waals surface area contributed by atoms with Crippen molar-refractivity contribution < 1.29 is 27.9 Å². The summed E-state index contributed by atoms with van der Waals surface area (Å²) in [4.78, 5) is 39.2. The van der Waals surface area contributed by atoms with E-state index in [1.54, 1.807) is 40.8 Å². The van der Waals surface area contributed by atoms with Gasteiger partial charge >= 0.3 is 5.97 Å². The van der Waals surface area contributed by atoms with Gasteiger partial charge in [-0.05, 0) is 73.7 Å². The lowest BCUT2D eigenvalue weighted by Gasteiger charge is -2.32. The van der Waals surface area contributed by atoms with Gasteiger partial charge in [0.15, 0.2) is 0 Å². The zero-order valence-electron chi connectivity index (χ0n) is 22.0. The van der Waals surface area contributed by atoms with E-state index in [9.17, 15) is 23.2 Å². The number of carbonyl (C=O) groups is 3. The van der Waals surface area contributed by atoms with E-state index in [1.807, 2.05) is 24.3 Å². The summed E-state index contributed by atoms with van der Waals surface area (Å²) in [6, 6.07) is 18.2. The summed E-state index contributed by atoms with van der Waals surface area (Å²) in [6.45, 7) is 2.72. The molecule has 3 aromatic carbocycles. The minimum Gasteiger partial charge on any atom is -0.462 e. The van der Waals surface area contributed by atoms with Gasteiger partial charge in [0, 0.05) is 30.4 Å². The first-order chi connectivity index (χ1) is 19.4. The number of esters is 1. The number of fused-ring (bicyclic) bond motifs is 1. The molecule has 1 saturated heterocycles. The average Bonchev–Trinajstić information content (AvgIpc) is 3.37. The van der Waals surface area contributed by atoms with Crippen LogP contribution in [0.2, 0.25) is 0 Å². The third-order valence-electron chi connectivity index (χ3n) is 7.25. The summed E-state index contributed by atoms with van der Waals surface area (Å²) < 4.78 is 35.4. The van der Waals surface area contributed by atoms with Crippen molar-refractivity contribution in [3.8, 4) is 0 Å². The highest BCUT2D eigenvalue weighted by Crippen LogP contribution is 2.30. The molecule has 7 nitrogen and oxygen atoms in total. The van der Waals surface area contributed by atoms with Crippen LogP contribution in [0, 0.1) is 11.6 Å². The molecule has 2 heterocycles. The van der Waals surface area contributed by atoms with Crippen LogP contribution in [0.1, 0.15) is 52.0 Å². The lowest BCUT2D eigenvalue weighted by molar-refractivity contribution is -0.116. The van der Waals surface area contributed by atoms with Crippen LogP contribution in [0.4, 0.5) is 14.5 Å². The largest absolute Gasteiger partial charge is 0.462 e. The third-order valence-corrected chi connectivity index (χ3v) is 7.25. The molecule has 9 heteroatoms. The highest BCUT2D eigenvalue weighted by atomic mass is 19.1. The molecular weight excluding hydrogens is 516 g/mol. The number of nitrogens with zero attached hydrogens (tertiary/aromatic N) is 2. The van der Waals surface area contributed by atoms with Crippen molar-refractivity contribution in [3.05, 3.63) is 101 Å². The number of ether oxygens (including phenoxy) is 1. The second-order valence-corrected chi connectivity index (χ2v) is 9.74. The van der Waals surface area contributed by atoms with E-state index in [0.717, 1.165) is 5.56 Å². The first kappa shape index (κ1) is 27.1. The van der Waals surface area contributed by atoms with Gasteiger partial charge in [0.05, 0.1) is 23.3 Å². The second-order valence-electron chi connectivity index (χ2n) is 9.74. The predicted octanol–water partition coefficient (Wildman–Crippen LogP) is 5.75. The molecule has 1 aliphatic heterocycles. The van der Waals surface area contributed by atoms with Gasteiger partial charge in [-0.2, -0.15) is 0 Å². The second kappa shape index (κ2) is 11.7. The number of amides is 2. The zero-order chi connectivity index (χ0) is 28.2. The van der Waals surface area contributed by atoms with Crippen molar-refractivity contribution in [3.63, 3.8) is 0 Å². The lowest BCUT2D eigenvalue weighted by atomic mass is 9.89. The topological polar surface area (TPSA) is 80.6 Å². The number of hydrogen-bond acceptors (Lipinski definition) is 4. The Kier molecular flexibility index (Phi) is 7.91. The maximum absolute atomic E-state index is 14.9. The van der Waals surface area contributed by atoms with Gasteiger partial charge in [0.2, 0.25) is 5.91 Å². The summed E-state index contributed by atoms with van der Waals surface area (Å²) in [5.74, 6) is -2.42. The molecule has 1 fully saturated rings. The number of halogens is 2. The fourth-order valence-corrected chi connectivity index (χ4v) is 5.17. The molecule has 0 radical (unpaired) electrons. The van der Waals surface area contributed by atoms with Gasteiger partial charge in [-0.15, -0.1) is 0 Å². The molecule has 0 spiro atoms. The predicted molar refractivity (Wildman–Crippen MR) is 147 cm³/mol. The van der Waals surface area contributed by atoms with E-state index in [1.165, 1.54) is 24.3 Å². The first-order valence-electron chi connectivity index (χ1n) is 13.2. The summed E-state index contributed by atoms with van der Waals surface area (Å²) in [6.07, 6.45) is 3.10. The van der Waals surface area contributed by atoms with Crippen LogP contribution in [-0.2, 0) is 16.1 Å². The molecule has 5 rings (SSSR count). The first-order valence-corrected chi connectivity index (χ1v) is 13.2. The van der Waals surface area contributed by atoms with E-state index in [4.69, 9.17) is 4.74 Å². The van der Waals surface area contributed by atoms with Crippen LogP contribution < -0.4 is 5.32 Å². The standard InChI is InChI=1S/C31H29F2N3O4/c1-2-40-31(39)25-6-3-5-24(29(25)33)30(38)35-16-13-21(14-17-35)20-9-11-22(12-10-20)34-28(37)19-36-18-15-23-26(32)7-4-8-27(23)36/h3-12,15,18,21H,2,13-14,16-17,19H2,1H3,(H,34,37). The molecule has 0 bridgehead atoms. The van der Waals surface area contributed by atoms with Crippen LogP contribution in [-0.4, -0.2) is 46.9 Å². The Bertz CT molecular complexity index is 1560. The van der Waals surface area contributed by atoms with Crippen molar-refractivity contribution >= 4 is 34.4 Å². The monoisotopic (exact) mass is 545 g/mol. The average molecular weight is 546 g/mol. The summed E-state index contributed by atoms with van der Waals surface area (Å²) >= 11 is 0. The molecule has 1 aliphatic rings. The number of likely N-dealkylation sites (tertiary alicyclic amines) is 1. The molecule has 206 valence electrons. The molecule has 1 aromatic heterocycles. The number of benzene rings is 3. The van der Waals surface area contributed by atoms with Crippen LogP contribution in [0.3, 0.4) is 0 Å². The van der Waals surface area contributed by atoms with Gasteiger partial charge in [-0.1, -0.05) is 24.3 Å². The molecule has 4 aromatic rings. The maximum atomic E-state index is 14.9. The summed E-state index contributed by atoms with van der Waals surface area (Å²) in [5.41, 5.74) is 2.02. The number of hydrogen-bond donors (Lipinski definition) is 1. The van der Waals surface area contributed by atoms with Crippen molar-refractivity contribution in [2.75, 3.05) is 25.0 Å². The minimum atomic E-state index is -0.858. The molecule has 0 atom stereocenters. The van der Waals surface area contributed by atoms with Gasteiger partial charge in [0.1, 0.15) is 18.2 Å². The normalized spacial score (nSPS) is 13.8. The maximum Gasteiger partial charge on any atom is 0.341 e. The molecule has 0 unspecified atom stereocenters. The molecule has 40 heavy (non-hydrogen) atoms. The van der Waals surface area contributed by atoms with E-state index < -0.39 is 17.7 Å². The number of anilines is 1. The Morgan fingerprint density at radius 1 is 0.925 bits per heavy atom. The van der Waals surface area contributed by atoms with Crippen molar-refractivity contribution in [1.82, 2.24) is 9.47 Å². The summed E-state index contributed by atoms with van der Waals surface area (Å²) in [7, 11) is 0. The third kappa shape index (κ3) is 5.59. The summed E-state index contributed by atoms with van der Waals surface area (Å²) in [5, 5.41) is 3.36.